The quantitative estimate of drug-likeness (QED) is 0.917. The topological polar surface area (TPSA) is 46.2 Å². The molecule has 0 saturated heterocycles. The minimum atomic E-state index is -3.48. The van der Waals surface area contributed by atoms with Gasteiger partial charge in [-0.15, -0.1) is 0 Å². The fourth-order valence-corrected chi connectivity index (χ4v) is 5.74. The van der Waals surface area contributed by atoms with Gasteiger partial charge in [0, 0.05) is 11.1 Å². The molecule has 3 rings (SSSR count). The van der Waals surface area contributed by atoms with Crippen LogP contribution in [0.15, 0.2) is 29.2 Å². The molecule has 0 spiro atoms. The van der Waals surface area contributed by atoms with Crippen molar-refractivity contribution in [1.29, 1.82) is 0 Å². The maximum atomic E-state index is 12.6. The van der Waals surface area contributed by atoms with E-state index < -0.39 is 10.0 Å². The zero-order valence-corrected chi connectivity index (χ0v) is 14.3. The van der Waals surface area contributed by atoms with Crippen LogP contribution in [0.1, 0.15) is 40.0 Å². The Morgan fingerprint density at radius 2 is 1.81 bits per heavy atom. The largest absolute Gasteiger partial charge is 0.240 e. The van der Waals surface area contributed by atoms with Gasteiger partial charge in [-0.05, 0) is 60.3 Å². The van der Waals surface area contributed by atoms with Gasteiger partial charge in [0.25, 0.3) is 0 Å². The Balaban J connectivity index is 1.86. The SMILES string of the molecule is CC1(C)[C@H]2CC[C@@]1(C)[C@H](NS(=O)(=O)c1ccc(Cl)cc1)C2. The van der Waals surface area contributed by atoms with Crippen molar-refractivity contribution in [2.24, 2.45) is 16.7 Å². The highest BCUT2D eigenvalue weighted by Gasteiger charge is 2.61. The van der Waals surface area contributed by atoms with E-state index >= 15 is 0 Å². The molecule has 2 bridgehead atoms. The molecule has 0 radical (unpaired) electrons. The first-order chi connectivity index (χ1) is 9.67. The van der Waals surface area contributed by atoms with Crippen molar-refractivity contribution < 1.29 is 8.42 Å². The number of rotatable bonds is 3. The Morgan fingerprint density at radius 3 is 2.29 bits per heavy atom. The lowest BCUT2D eigenvalue weighted by Gasteiger charge is -2.39. The van der Waals surface area contributed by atoms with Crippen molar-refractivity contribution in [2.75, 3.05) is 0 Å². The molecular weight excluding hydrogens is 306 g/mol. The van der Waals surface area contributed by atoms with Crippen LogP contribution >= 0.6 is 11.6 Å². The smallest absolute Gasteiger partial charge is 0.207 e. The highest BCUT2D eigenvalue weighted by Crippen LogP contribution is 2.65. The number of hydrogen-bond donors (Lipinski definition) is 1. The number of sulfonamides is 1. The molecule has 2 saturated carbocycles. The summed E-state index contributed by atoms with van der Waals surface area (Å²) in [7, 11) is -3.48. The zero-order chi connectivity index (χ0) is 15.5. The lowest BCUT2D eigenvalue weighted by atomic mass is 9.69. The molecule has 1 aromatic carbocycles. The van der Waals surface area contributed by atoms with Crippen LogP contribution in [0, 0.1) is 16.7 Å². The highest BCUT2D eigenvalue weighted by atomic mass is 35.5. The molecule has 0 heterocycles. The van der Waals surface area contributed by atoms with Crippen molar-refractivity contribution in [3.8, 4) is 0 Å². The van der Waals surface area contributed by atoms with Gasteiger partial charge in [0.1, 0.15) is 0 Å². The molecule has 0 aromatic heterocycles. The zero-order valence-electron chi connectivity index (χ0n) is 12.7. The standard InChI is InChI=1S/C16H22ClNO2S/c1-15(2)11-8-9-16(15,3)14(10-11)18-21(19,20)13-6-4-12(17)5-7-13/h4-7,11,14,18H,8-10H2,1-3H3/t11-,14+,16-/m0/s1. The van der Waals surface area contributed by atoms with E-state index in [4.69, 9.17) is 11.6 Å². The maximum absolute atomic E-state index is 12.6. The normalized spacial score (nSPS) is 34.3. The third-order valence-corrected chi connectivity index (χ3v) is 7.95. The molecule has 5 heteroatoms. The Kier molecular flexibility index (Phi) is 3.43. The van der Waals surface area contributed by atoms with E-state index in [1.807, 2.05) is 0 Å². The van der Waals surface area contributed by atoms with Crippen LogP contribution in [0.5, 0.6) is 0 Å². The number of hydrogen-bond acceptors (Lipinski definition) is 2. The summed E-state index contributed by atoms with van der Waals surface area (Å²) in [5.41, 5.74) is 0.233. The molecule has 0 unspecified atom stereocenters. The third-order valence-electron chi connectivity index (χ3n) is 6.22. The summed E-state index contributed by atoms with van der Waals surface area (Å²) in [4.78, 5) is 0.288. The Hall–Kier alpha value is -0.580. The summed E-state index contributed by atoms with van der Waals surface area (Å²) in [6.45, 7) is 6.79. The molecule has 116 valence electrons. The van der Waals surface area contributed by atoms with Crippen LogP contribution in [0.25, 0.3) is 0 Å². The fourth-order valence-electron chi connectivity index (χ4n) is 4.25. The average Bonchev–Trinajstić information content (AvgIpc) is 2.72. The van der Waals surface area contributed by atoms with Crippen LogP contribution in [-0.2, 0) is 10.0 Å². The summed E-state index contributed by atoms with van der Waals surface area (Å²) in [5, 5.41) is 0.543. The van der Waals surface area contributed by atoms with Gasteiger partial charge in [-0.2, -0.15) is 0 Å². The lowest BCUT2D eigenvalue weighted by molar-refractivity contribution is 0.130. The highest BCUT2D eigenvalue weighted by molar-refractivity contribution is 7.89. The first kappa shape index (κ1) is 15.3. The molecule has 3 atom stereocenters. The second-order valence-electron chi connectivity index (χ2n) is 7.24. The van der Waals surface area contributed by atoms with Crippen molar-refractivity contribution in [3.05, 3.63) is 29.3 Å². The molecule has 21 heavy (non-hydrogen) atoms. The van der Waals surface area contributed by atoms with E-state index in [2.05, 4.69) is 25.5 Å². The Bertz CT molecular complexity index is 653. The van der Waals surface area contributed by atoms with Crippen LogP contribution in [0.2, 0.25) is 5.02 Å². The van der Waals surface area contributed by atoms with Gasteiger partial charge >= 0.3 is 0 Å². The van der Waals surface area contributed by atoms with Crippen LogP contribution in [0.3, 0.4) is 0 Å². The average molecular weight is 328 g/mol. The number of halogens is 1. The van der Waals surface area contributed by atoms with E-state index in [1.54, 1.807) is 24.3 Å². The third kappa shape index (κ3) is 2.23. The first-order valence-corrected chi connectivity index (χ1v) is 9.31. The van der Waals surface area contributed by atoms with Gasteiger partial charge < -0.3 is 0 Å². The second kappa shape index (κ2) is 4.71. The molecule has 2 aliphatic rings. The van der Waals surface area contributed by atoms with Crippen LogP contribution < -0.4 is 4.72 Å². The predicted molar refractivity (Wildman–Crippen MR) is 84.8 cm³/mol. The molecule has 3 nitrogen and oxygen atoms in total. The molecular formula is C16H22ClNO2S. The van der Waals surface area contributed by atoms with Crippen molar-refractivity contribution >= 4 is 21.6 Å². The number of nitrogens with one attached hydrogen (secondary N) is 1. The maximum Gasteiger partial charge on any atom is 0.240 e. The summed E-state index contributed by atoms with van der Waals surface area (Å²) in [6, 6.07) is 6.37. The van der Waals surface area contributed by atoms with E-state index in [0.29, 0.717) is 10.9 Å². The molecule has 2 fully saturated rings. The Labute approximate surface area is 132 Å². The van der Waals surface area contributed by atoms with Crippen LogP contribution in [-0.4, -0.2) is 14.5 Å². The first-order valence-electron chi connectivity index (χ1n) is 7.45. The monoisotopic (exact) mass is 327 g/mol. The van der Waals surface area contributed by atoms with Gasteiger partial charge in [-0.1, -0.05) is 32.4 Å². The minimum Gasteiger partial charge on any atom is -0.207 e. The predicted octanol–water partition coefficient (Wildman–Crippen LogP) is 3.83. The fraction of sp³-hybridized carbons (Fsp3) is 0.625. The van der Waals surface area contributed by atoms with E-state index in [1.165, 1.54) is 6.42 Å². The van der Waals surface area contributed by atoms with Gasteiger partial charge in [-0.25, -0.2) is 13.1 Å². The lowest BCUT2D eigenvalue weighted by Crippen LogP contribution is -2.46. The summed E-state index contributed by atoms with van der Waals surface area (Å²) >= 11 is 5.83. The summed E-state index contributed by atoms with van der Waals surface area (Å²) < 4.78 is 28.1. The van der Waals surface area contributed by atoms with Gasteiger partial charge in [-0.3, -0.25) is 0 Å². The second-order valence-corrected chi connectivity index (χ2v) is 9.39. The number of benzene rings is 1. The molecule has 1 N–H and O–H groups in total. The molecule has 1 aromatic rings. The van der Waals surface area contributed by atoms with E-state index in [-0.39, 0.29) is 21.8 Å². The van der Waals surface area contributed by atoms with Crippen molar-refractivity contribution in [1.82, 2.24) is 4.72 Å². The van der Waals surface area contributed by atoms with Crippen molar-refractivity contribution in [2.45, 2.75) is 51.0 Å². The summed E-state index contributed by atoms with van der Waals surface area (Å²) in [5.74, 6) is 0.611. The van der Waals surface area contributed by atoms with Gasteiger partial charge in [0.15, 0.2) is 0 Å². The van der Waals surface area contributed by atoms with Gasteiger partial charge in [0.2, 0.25) is 10.0 Å². The molecule has 0 amide bonds. The van der Waals surface area contributed by atoms with E-state index in [0.717, 1.165) is 12.8 Å². The summed E-state index contributed by atoms with van der Waals surface area (Å²) in [6.07, 6.45) is 3.25. The minimum absolute atomic E-state index is 0.0203. The number of fused-ring (bicyclic) bond motifs is 2. The van der Waals surface area contributed by atoms with Crippen LogP contribution in [0.4, 0.5) is 0 Å². The van der Waals surface area contributed by atoms with E-state index in [9.17, 15) is 8.42 Å². The molecule has 2 aliphatic carbocycles. The molecule has 0 aliphatic heterocycles. The van der Waals surface area contributed by atoms with Crippen molar-refractivity contribution in [3.63, 3.8) is 0 Å². The van der Waals surface area contributed by atoms with Gasteiger partial charge in [0.05, 0.1) is 4.90 Å². The Morgan fingerprint density at radius 1 is 1.19 bits per heavy atom.